The molecule has 0 aliphatic carbocycles. The Kier molecular flexibility index (Phi) is 5.00. The lowest BCUT2D eigenvalue weighted by Crippen LogP contribution is -2.13. The van der Waals surface area contributed by atoms with Crippen molar-refractivity contribution in [3.8, 4) is 0 Å². The number of aromatic amines is 1. The summed E-state index contributed by atoms with van der Waals surface area (Å²) in [5, 5.41) is 14.5. The fourth-order valence-electron chi connectivity index (χ4n) is 2.84. The first-order valence-corrected chi connectivity index (χ1v) is 8.10. The minimum Gasteiger partial charge on any atom is -0.380 e. The molecular weight excluding hydrogens is 350 g/mol. The van der Waals surface area contributed by atoms with Gasteiger partial charge in [0.25, 0.3) is 11.6 Å². The minimum absolute atomic E-state index is 0.116. The van der Waals surface area contributed by atoms with Crippen molar-refractivity contribution in [2.45, 2.75) is 13.5 Å². The molecule has 1 aromatic heterocycles. The first-order valence-electron chi connectivity index (χ1n) is 8.10. The number of nitrogens with zero attached hydrogens (tertiary/aromatic N) is 1. The van der Waals surface area contributed by atoms with Gasteiger partial charge in [-0.1, -0.05) is 12.1 Å². The molecule has 0 radical (unpaired) electrons. The van der Waals surface area contributed by atoms with Crippen LogP contribution in [0.2, 0.25) is 0 Å². The predicted octanol–water partition coefficient (Wildman–Crippen LogP) is 3.14. The van der Waals surface area contributed by atoms with Crippen molar-refractivity contribution in [2.24, 2.45) is 0 Å². The van der Waals surface area contributed by atoms with Gasteiger partial charge in [-0.3, -0.25) is 19.7 Å². The largest absolute Gasteiger partial charge is 0.380 e. The van der Waals surface area contributed by atoms with Gasteiger partial charge in [0.15, 0.2) is 0 Å². The van der Waals surface area contributed by atoms with Crippen LogP contribution in [0.5, 0.6) is 0 Å². The van der Waals surface area contributed by atoms with Gasteiger partial charge in [0.05, 0.1) is 17.0 Å². The highest BCUT2D eigenvalue weighted by atomic mass is 16.6. The van der Waals surface area contributed by atoms with E-state index in [1.165, 1.54) is 24.3 Å². The van der Waals surface area contributed by atoms with Gasteiger partial charge in [-0.15, -0.1) is 0 Å². The van der Waals surface area contributed by atoms with Gasteiger partial charge < -0.3 is 15.0 Å². The molecule has 0 saturated heterocycles. The monoisotopic (exact) mass is 367 g/mol. The second-order valence-corrected chi connectivity index (χ2v) is 6.06. The number of pyridine rings is 1. The highest BCUT2D eigenvalue weighted by Gasteiger charge is 2.15. The predicted molar refractivity (Wildman–Crippen MR) is 101 cm³/mol. The van der Waals surface area contributed by atoms with Crippen LogP contribution in [0.25, 0.3) is 10.9 Å². The lowest BCUT2D eigenvalue weighted by molar-refractivity contribution is -0.385. The van der Waals surface area contributed by atoms with E-state index < -0.39 is 10.8 Å². The lowest BCUT2D eigenvalue weighted by atomic mass is 10.1. The number of rotatable bonds is 5. The van der Waals surface area contributed by atoms with E-state index in [9.17, 15) is 19.7 Å². The smallest absolute Gasteiger partial charge is 0.273 e. The normalized spacial score (nSPS) is 10.7. The van der Waals surface area contributed by atoms with Gasteiger partial charge in [-0.05, 0) is 30.7 Å². The van der Waals surface area contributed by atoms with Gasteiger partial charge in [-0.2, -0.15) is 0 Å². The Labute approximate surface area is 153 Å². The molecule has 8 nitrogen and oxygen atoms in total. The number of hydrogen-bond acceptors (Lipinski definition) is 5. The summed E-state index contributed by atoms with van der Waals surface area (Å²) in [6.07, 6.45) is 0. The number of fused-ring (bicyclic) bond motifs is 1. The van der Waals surface area contributed by atoms with Crippen LogP contribution in [0.3, 0.4) is 0 Å². The summed E-state index contributed by atoms with van der Waals surface area (Å²) in [5.74, 6) is -0.479. The summed E-state index contributed by atoms with van der Waals surface area (Å²) in [5.41, 5.74) is 2.02. The Morgan fingerprint density at radius 3 is 2.70 bits per heavy atom. The zero-order valence-corrected chi connectivity index (χ0v) is 14.7. The number of nitro groups is 1. The molecule has 0 unspecified atom stereocenters. The lowest BCUT2D eigenvalue weighted by Gasteiger charge is -2.09. The number of methoxy groups -OCH3 is 1. The molecular formula is C19H17N3O5. The molecule has 27 heavy (non-hydrogen) atoms. The number of aromatic nitrogens is 1. The molecule has 0 aliphatic heterocycles. The average Bonchev–Trinajstić information content (AvgIpc) is 2.61. The van der Waals surface area contributed by atoms with Crippen LogP contribution >= 0.6 is 0 Å². The van der Waals surface area contributed by atoms with Crippen molar-refractivity contribution in [1.29, 1.82) is 0 Å². The van der Waals surface area contributed by atoms with E-state index in [1.54, 1.807) is 32.2 Å². The highest BCUT2D eigenvalue weighted by molar-refractivity contribution is 6.05. The van der Waals surface area contributed by atoms with Gasteiger partial charge in [-0.25, -0.2) is 0 Å². The second-order valence-electron chi connectivity index (χ2n) is 6.06. The number of aryl methyl sites for hydroxylation is 1. The fourth-order valence-corrected chi connectivity index (χ4v) is 2.84. The van der Waals surface area contributed by atoms with Crippen molar-refractivity contribution < 1.29 is 14.5 Å². The van der Waals surface area contributed by atoms with Gasteiger partial charge in [0.1, 0.15) is 0 Å². The van der Waals surface area contributed by atoms with Crippen LogP contribution in [0.4, 0.5) is 11.4 Å². The SMILES string of the molecule is COCc1cc(=O)[nH]c2cc(NC(=O)c3ccc(C)c([N+](=O)[O-])c3)ccc12. The van der Waals surface area contributed by atoms with E-state index in [2.05, 4.69) is 10.3 Å². The van der Waals surface area contributed by atoms with Crippen LogP contribution in [0.15, 0.2) is 47.3 Å². The third-order valence-electron chi connectivity index (χ3n) is 4.15. The first kappa shape index (κ1) is 18.3. The van der Waals surface area contributed by atoms with E-state index in [-0.39, 0.29) is 16.8 Å². The van der Waals surface area contributed by atoms with Crippen LogP contribution in [0, 0.1) is 17.0 Å². The summed E-state index contributed by atoms with van der Waals surface area (Å²) < 4.78 is 5.11. The van der Waals surface area contributed by atoms with Crippen molar-refractivity contribution in [3.05, 3.63) is 79.6 Å². The number of hydrogen-bond donors (Lipinski definition) is 2. The Morgan fingerprint density at radius 1 is 1.22 bits per heavy atom. The number of carbonyl (C=O) groups is 1. The van der Waals surface area contributed by atoms with Gasteiger partial charge in [0.2, 0.25) is 5.56 Å². The summed E-state index contributed by atoms with van der Waals surface area (Å²) in [6, 6.07) is 10.9. The number of ether oxygens (including phenoxy) is 1. The Hall–Kier alpha value is -3.52. The Morgan fingerprint density at radius 2 is 2.00 bits per heavy atom. The minimum atomic E-state index is -0.524. The molecule has 1 amide bonds. The standard InChI is InChI=1S/C19H17N3O5/c1-11-3-4-12(7-17(11)22(25)26)19(24)20-14-5-6-15-13(10-27-2)8-18(23)21-16(15)9-14/h3-9H,10H2,1-2H3,(H,20,24)(H,21,23). The molecule has 0 atom stereocenters. The molecule has 0 fully saturated rings. The van der Waals surface area contributed by atoms with E-state index >= 15 is 0 Å². The molecule has 138 valence electrons. The maximum absolute atomic E-state index is 12.4. The number of anilines is 1. The maximum atomic E-state index is 12.4. The van der Waals surface area contributed by atoms with Crippen LogP contribution in [-0.4, -0.2) is 22.9 Å². The molecule has 0 spiro atoms. The van der Waals surface area contributed by atoms with Crippen molar-refractivity contribution in [3.63, 3.8) is 0 Å². The molecule has 0 saturated carbocycles. The summed E-state index contributed by atoms with van der Waals surface area (Å²) in [7, 11) is 1.54. The molecule has 3 rings (SSSR count). The zero-order valence-electron chi connectivity index (χ0n) is 14.7. The number of H-pyrrole nitrogens is 1. The molecule has 0 aliphatic rings. The molecule has 0 bridgehead atoms. The number of nitrogens with one attached hydrogen (secondary N) is 2. The van der Waals surface area contributed by atoms with Gasteiger partial charge in [0, 0.05) is 41.4 Å². The van der Waals surface area contributed by atoms with E-state index in [0.717, 1.165) is 10.9 Å². The van der Waals surface area contributed by atoms with Gasteiger partial charge >= 0.3 is 0 Å². The Balaban J connectivity index is 1.92. The van der Waals surface area contributed by atoms with Crippen molar-refractivity contribution in [1.82, 2.24) is 4.98 Å². The van der Waals surface area contributed by atoms with Crippen LogP contribution in [0.1, 0.15) is 21.5 Å². The highest BCUT2D eigenvalue weighted by Crippen LogP contribution is 2.23. The fraction of sp³-hybridized carbons (Fsp3) is 0.158. The van der Waals surface area contributed by atoms with Crippen molar-refractivity contribution in [2.75, 3.05) is 12.4 Å². The molecule has 2 N–H and O–H groups in total. The zero-order chi connectivity index (χ0) is 19.6. The summed E-state index contributed by atoms with van der Waals surface area (Å²) >= 11 is 0. The number of nitro benzene ring substituents is 1. The third-order valence-corrected chi connectivity index (χ3v) is 4.15. The number of benzene rings is 2. The summed E-state index contributed by atoms with van der Waals surface area (Å²) in [4.78, 5) is 37.5. The third kappa shape index (κ3) is 3.85. The van der Waals surface area contributed by atoms with Crippen molar-refractivity contribution >= 4 is 28.2 Å². The van der Waals surface area contributed by atoms with E-state index in [4.69, 9.17) is 4.74 Å². The van der Waals surface area contributed by atoms with E-state index in [1.807, 2.05) is 0 Å². The Bertz CT molecular complexity index is 1100. The average molecular weight is 367 g/mol. The topological polar surface area (TPSA) is 114 Å². The van der Waals surface area contributed by atoms with Crippen LogP contribution in [-0.2, 0) is 11.3 Å². The quantitative estimate of drug-likeness (QED) is 0.531. The number of amides is 1. The van der Waals surface area contributed by atoms with Crippen LogP contribution < -0.4 is 10.9 Å². The summed E-state index contributed by atoms with van der Waals surface area (Å²) in [6.45, 7) is 1.90. The molecule has 1 heterocycles. The second kappa shape index (κ2) is 7.38. The van der Waals surface area contributed by atoms with E-state index in [0.29, 0.717) is 23.4 Å². The maximum Gasteiger partial charge on any atom is 0.273 e. The first-order chi connectivity index (χ1) is 12.9. The molecule has 3 aromatic rings. The molecule has 2 aromatic carbocycles. The number of carbonyl (C=O) groups excluding carboxylic acids is 1. The molecule has 8 heteroatoms.